The van der Waals surface area contributed by atoms with E-state index in [0.29, 0.717) is 17.1 Å². The molecule has 2 heterocycles. The summed E-state index contributed by atoms with van der Waals surface area (Å²) >= 11 is 0. The number of allylic oxidation sites excluding steroid dienone is 1. The highest BCUT2D eigenvalue weighted by Crippen LogP contribution is 2.27. The number of imidazole rings is 1. The predicted molar refractivity (Wildman–Crippen MR) is 77.5 cm³/mol. The zero-order valence-corrected chi connectivity index (χ0v) is 10.8. The van der Waals surface area contributed by atoms with E-state index in [2.05, 4.69) is 15.0 Å². The highest BCUT2D eigenvalue weighted by atomic mass is 16.2. The number of pyridine rings is 1. The van der Waals surface area contributed by atoms with Crippen molar-refractivity contribution >= 4 is 34.1 Å². The second-order valence-electron chi connectivity index (χ2n) is 4.77. The topological polar surface area (TPSA) is 75.7 Å². The standard InChI is InChI=1S/C16H9N3O2/c20-14-10-7-9-3-1-2-4-12(9)19-13(10)8-11(15(14)21)16-17-5-6-18-16/h1-8H,(H,17,18). The number of aromatic nitrogens is 3. The van der Waals surface area contributed by atoms with Crippen LogP contribution in [0.1, 0.15) is 21.9 Å². The first kappa shape index (κ1) is 11.7. The lowest BCUT2D eigenvalue weighted by Crippen LogP contribution is -2.22. The summed E-state index contributed by atoms with van der Waals surface area (Å²) in [5.74, 6) is -0.722. The molecular weight excluding hydrogens is 266 g/mol. The van der Waals surface area contributed by atoms with E-state index in [1.54, 1.807) is 18.3 Å². The number of para-hydroxylation sites is 1. The van der Waals surface area contributed by atoms with Crippen LogP contribution in [0.5, 0.6) is 0 Å². The number of hydrogen-bond donors (Lipinski definition) is 1. The van der Waals surface area contributed by atoms with Gasteiger partial charge in [0.15, 0.2) is 0 Å². The van der Waals surface area contributed by atoms with Crippen molar-refractivity contribution in [1.29, 1.82) is 0 Å². The number of aromatic amines is 1. The number of carbonyl (C=O) groups is 2. The molecule has 0 saturated carbocycles. The van der Waals surface area contributed by atoms with Gasteiger partial charge in [-0.2, -0.15) is 0 Å². The second-order valence-corrected chi connectivity index (χ2v) is 4.77. The molecule has 3 aromatic rings. The van der Waals surface area contributed by atoms with Crippen LogP contribution in [0.3, 0.4) is 0 Å². The fraction of sp³-hybridized carbons (Fsp3) is 0. The number of H-pyrrole nitrogens is 1. The van der Waals surface area contributed by atoms with Gasteiger partial charge in [0.05, 0.1) is 22.3 Å². The molecule has 0 aliphatic heterocycles. The van der Waals surface area contributed by atoms with E-state index < -0.39 is 11.6 Å². The van der Waals surface area contributed by atoms with Gasteiger partial charge >= 0.3 is 0 Å². The van der Waals surface area contributed by atoms with Gasteiger partial charge in [-0.15, -0.1) is 0 Å². The normalized spacial score (nSPS) is 14.2. The summed E-state index contributed by atoms with van der Waals surface area (Å²) in [5.41, 5.74) is 1.88. The lowest BCUT2D eigenvalue weighted by Gasteiger charge is -2.13. The van der Waals surface area contributed by atoms with Crippen molar-refractivity contribution in [2.75, 3.05) is 0 Å². The minimum atomic E-state index is -0.561. The van der Waals surface area contributed by atoms with Crippen LogP contribution >= 0.6 is 0 Å². The molecule has 0 atom stereocenters. The van der Waals surface area contributed by atoms with Crippen LogP contribution < -0.4 is 0 Å². The Balaban J connectivity index is 2.00. The second kappa shape index (κ2) is 4.21. The first-order valence-electron chi connectivity index (χ1n) is 6.44. The van der Waals surface area contributed by atoms with E-state index in [-0.39, 0.29) is 5.57 Å². The Kier molecular flexibility index (Phi) is 2.35. The molecule has 1 aliphatic rings. The van der Waals surface area contributed by atoms with Gasteiger partial charge in [-0.05, 0) is 18.2 Å². The third-order valence-electron chi connectivity index (χ3n) is 3.48. The molecule has 1 aliphatic carbocycles. The summed E-state index contributed by atoms with van der Waals surface area (Å²) in [6.45, 7) is 0. The molecule has 21 heavy (non-hydrogen) atoms. The molecule has 0 saturated heterocycles. The molecule has 0 spiro atoms. The number of fused-ring (bicyclic) bond motifs is 2. The van der Waals surface area contributed by atoms with E-state index in [9.17, 15) is 9.59 Å². The van der Waals surface area contributed by atoms with Crippen LogP contribution in [0.15, 0.2) is 42.7 Å². The van der Waals surface area contributed by atoms with Gasteiger partial charge in [0.1, 0.15) is 5.82 Å². The summed E-state index contributed by atoms with van der Waals surface area (Å²) in [6.07, 6.45) is 4.76. The number of ketones is 2. The monoisotopic (exact) mass is 275 g/mol. The van der Waals surface area contributed by atoms with E-state index >= 15 is 0 Å². The van der Waals surface area contributed by atoms with Crippen LogP contribution in [0.2, 0.25) is 0 Å². The fourth-order valence-electron chi connectivity index (χ4n) is 2.46. The smallest absolute Gasteiger partial charge is 0.237 e. The number of nitrogens with one attached hydrogen (secondary N) is 1. The minimum Gasteiger partial charge on any atom is -0.345 e. The van der Waals surface area contributed by atoms with Crippen LogP contribution in [0.4, 0.5) is 0 Å². The number of benzene rings is 1. The van der Waals surface area contributed by atoms with Gasteiger partial charge < -0.3 is 4.98 Å². The SMILES string of the molecule is O=C1C(=O)c2cc3ccccc3nc2C=C1c1ncc[nH]1. The molecule has 0 radical (unpaired) electrons. The lowest BCUT2D eigenvalue weighted by atomic mass is 9.92. The van der Waals surface area contributed by atoms with E-state index in [1.165, 1.54) is 6.20 Å². The number of nitrogens with zero attached hydrogens (tertiary/aromatic N) is 2. The molecule has 0 fully saturated rings. The Morgan fingerprint density at radius 3 is 2.71 bits per heavy atom. The van der Waals surface area contributed by atoms with E-state index in [1.807, 2.05) is 24.3 Å². The van der Waals surface area contributed by atoms with Crippen LogP contribution in [0, 0.1) is 0 Å². The quantitative estimate of drug-likeness (QED) is 0.691. The molecule has 5 heteroatoms. The summed E-state index contributed by atoms with van der Waals surface area (Å²) in [4.78, 5) is 35.9. The maximum atomic E-state index is 12.3. The number of carbonyl (C=O) groups excluding carboxylic acids is 2. The third kappa shape index (κ3) is 1.71. The van der Waals surface area contributed by atoms with Gasteiger partial charge in [0, 0.05) is 17.8 Å². The van der Waals surface area contributed by atoms with Gasteiger partial charge in [0.25, 0.3) is 0 Å². The Morgan fingerprint density at radius 1 is 1.05 bits per heavy atom. The maximum Gasteiger partial charge on any atom is 0.237 e. The average Bonchev–Trinajstić information content (AvgIpc) is 3.03. The molecule has 1 aromatic carbocycles. The molecular formula is C16H9N3O2. The van der Waals surface area contributed by atoms with E-state index in [0.717, 1.165) is 10.9 Å². The van der Waals surface area contributed by atoms with Gasteiger partial charge in [-0.25, -0.2) is 9.97 Å². The Hall–Kier alpha value is -3.08. The molecule has 5 nitrogen and oxygen atoms in total. The highest BCUT2D eigenvalue weighted by Gasteiger charge is 2.30. The first-order valence-corrected chi connectivity index (χ1v) is 6.44. The molecule has 100 valence electrons. The van der Waals surface area contributed by atoms with Crippen LogP contribution in [-0.4, -0.2) is 26.5 Å². The molecule has 1 N–H and O–H groups in total. The number of hydrogen-bond acceptors (Lipinski definition) is 4. The Labute approximate surface area is 119 Å². The summed E-state index contributed by atoms with van der Waals surface area (Å²) in [7, 11) is 0. The van der Waals surface area contributed by atoms with Crippen molar-refractivity contribution in [2.24, 2.45) is 0 Å². The molecule has 0 unspecified atom stereocenters. The van der Waals surface area contributed by atoms with E-state index in [4.69, 9.17) is 0 Å². The van der Waals surface area contributed by atoms with Gasteiger partial charge in [-0.3, -0.25) is 9.59 Å². The Bertz CT molecular complexity index is 924. The van der Waals surface area contributed by atoms with Crippen molar-refractivity contribution in [2.45, 2.75) is 0 Å². The predicted octanol–water partition coefficient (Wildman–Crippen LogP) is 2.26. The molecule has 0 bridgehead atoms. The maximum absolute atomic E-state index is 12.3. The largest absolute Gasteiger partial charge is 0.345 e. The molecule has 4 rings (SSSR count). The van der Waals surface area contributed by atoms with Crippen molar-refractivity contribution in [3.05, 3.63) is 59.8 Å². The van der Waals surface area contributed by atoms with Crippen molar-refractivity contribution < 1.29 is 9.59 Å². The number of Topliss-reactive ketones (excluding diaryl/α,β-unsaturated/α-hetero) is 2. The van der Waals surface area contributed by atoms with Gasteiger partial charge in [0.2, 0.25) is 11.6 Å². The summed E-state index contributed by atoms with van der Waals surface area (Å²) in [6, 6.07) is 9.21. The first-order chi connectivity index (χ1) is 10.2. The minimum absolute atomic E-state index is 0.250. The van der Waals surface area contributed by atoms with Crippen LogP contribution in [-0.2, 0) is 4.79 Å². The average molecular weight is 275 g/mol. The lowest BCUT2D eigenvalue weighted by molar-refractivity contribution is -0.110. The third-order valence-corrected chi connectivity index (χ3v) is 3.48. The summed E-state index contributed by atoms with van der Waals surface area (Å²) in [5, 5.41) is 0.840. The van der Waals surface area contributed by atoms with Crippen molar-refractivity contribution in [3.63, 3.8) is 0 Å². The fourth-order valence-corrected chi connectivity index (χ4v) is 2.46. The summed E-state index contributed by atoms with van der Waals surface area (Å²) < 4.78 is 0. The number of rotatable bonds is 1. The zero-order valence-electron chi connectivity index (χ0n) is 10.8. The highest BCUT2D eigenvalue weighted by molar-refractivity contribution is 6.61. The van der Waals surface area contributed by atoms with Gasteiger partial charge in [-0.1, -0.05) is 18.2 Å². The molecule has 0 amide bonds. The zero-order chi connectivity index (χ0) is 14.4. The van der Waals surface area contributed by atoms with Crippen LogP contribution in [0.25, 0.3) is 22.6 Å². The Morgan fingerprint density at radius 2 is 1.90 bits per heavy atom. The van der Waals surface area contributed by atoms with Crippen molar-refractivity contribution in [3.8, 4) is 0 Å². The van der Waals surface area contributed by atoms with Crippen molar-refractivity contribution in [1.82, 2.24) is 15.0 Å². The molecule has 2 aromatic heterocycles.